The Bertz CT molecular complexity index is 730. The number of halogens is 1. The summed E-state index contributed by atoms with van der Waals surface area (Å²) in [6.07, 6.45) is 0. The number of esters is 1. The molecule has 5 nitrogen and oxygen atoms in total. The van der Waals surface area contributed by atoms with E-state index in [1.54, 1.807) is 24.3 Å². The molecule has 0 aliphatic carbocycles. The van der Waals surface area contributed by atoms with Gasteiger partial charge in [0.25, 0.3) is 5.91 Å². The number of amides is 1. The fourth-order valence-electron chi connectivity index (χ4n) is 2.26. The summed E-state index contributed by atoms with van der Waals surface area (Å²) in [5.41, 5.74) is 1.32. The Hall–Kier alpha value is -2.34. The van der Waals surface area contributed by atoms with Crippen LogP contribution in [-0.2, 0) is 9.53 Å². The first-order chi connectivity index (χ1) is 12.0. The van der Waals surface area contributed by atoms with Crippen molar-refractivity contribution in [1.29, 1.82) is 0 Å². The van der Waals surface area contributed by atoms with Crippen LogP contribution in [0.3, 0.4) is 0 Å². The lowest BCUT2D eigenvalue weighted by atomic mass is 10.1. The molecular weight excluding hydrogens is 386 g/mol. The van der Waals surface area contributed by atoms with E-state index in [9.17, 15) is 9.59 Å². The van der Waals surface area contributed by atoms with Crippen molar-refractivity contribution in [3.63, 3.8) is 0 Å². The van der Waals surface area contributed by atoms with E-state index in [2.05, 4.69) is 21.2 Å². The second-order valence-corrected chi connectivity index (χ2v) is 6.20. The molecule has 1 N–H and O–H groups in total. The van der Waals surface area contributed by atoms with E-state index in [0.717, 1.165) is 10.0 Å². The molecule has 25 heavy (non-hydrogen) atoms. The summed E-state index contributed by atoms with van der Waals surface area (Å²) in [7, 11) is 0. The van der Waals surface area contributed by atoms with Gasteiger partial charge in [0.2, 0.25) is 0 Å². The molecule has 2 aromatic rings. The Morgan fingerprint density at radius 1 is 1.12 bits per heavy atom. The zero-order chi connectivity index (χ0) is 18.2. The van der Waals surface area contributed by atoms with Crippen molar-refractivity contribution in [2.75, 3.05) is 13.2 Å². The van der Waals surface area contributed by atoms with Crippen LogP contribution in [0.25, 0.3) is 0 Å². The summed E-state index contributed by atoms with van der Waals surface area (Å²) in [4.78, 5) is 24.0. The van der Waals surface area contributed by atoms with E-state index in [0.29, 0.717) is 17.9 Å². The van der Waals surface area contributed by atoms with E-state index in [1.165, 1.54) is 0 Å². The molecule has 132 valence electrons. The number of benzene rings is 2. The summed E-state index contributed by atoms with van der Waals surface area (Å²) < 4.78 is 11.3. The predicted octanol–water partition coefficient (Wildman–Crippen LogP) is 3.88. The van der Waals surface area contributed by atoms with Gasteiger partial charge in [-0.15, -0.1) is 0 Å². The van der Waals surface area contributed by atoms with Gasteiger partial charge in [-0.25, -0.2) is 4.79 Å². The summed E-state index contributed by atoms with van der Waals surface area (Å²) in [5, 5.41) is 2.80. The number of carbonyl (C=O) groups is 2. The SMILES string of the molecule is CCOc1ccc(C(=O)OCC(=O)N[C@@H](C)c2ccccc2Br)cc1. The normalized spacial score (nSPS) is 11.5. The molecule has 0 aliphatic heterocycles. The van der Waals surface area contributed by atoms with Gasteiger partial charge in [-0.3, -0.25) is 4.79 Å². The molecule has 1 atom stereocenters. The Morgan fingerprint density at radius 3 is 2.44 bits per heavy atom. The monoisotopic (exact) mass is 405 g/mol. The van der Waals surface area contributed by atoms with Gasteiger partial charge in [0, 0.05) is 4.47 Å². The van der Waals surface area contributed by atoms with E-state index in [-0.39, 0.29) is 18.6 Å². The predicted molar refractivity (Wildman–Crippen MR) is 98.6 cm³/mol. The molecule has 0 aromatic heterocycles. The van der Waals surface area contributed by atoms with Crippen LogP contribution in [0, 0.1) is 0 Å². The number of carbonyl (C=O) groups excluding carboxylic acids is 2. The number of hydrogen-bond acceptors (Lipinski definition) is 4. The Kier molecular flexibility index (Phi) is 7.01. The van der Waals surface area contributed by atoms with Crippen molar-refractivity contribution in [3.8, 4) is 5.75 Å². The zero-order valence-corrected chi connectivity index (χ0v) is 15.7. The van der Waals surface area contributed by atoms with Gasteiger partial charge in [0.05, 0.1) is 18.2 Å². The van der Waals surface area contributed by atoms with Crippen molar-refractivity contribution < 1.29 is 19.1 Å². The van der Waals surface area contributed by atoms with Gasteiger partial charge >= 0.3 is 5.97 Å². The first kappa shape index (κ1) is 19.0. The van der Waals surface area contributed by atoms with E-state index in [1.807, 2.05) is 38.1 Å². The van der Waals surface area contributed by atoms with Gasteiger partial charge in [-0.2, -0.15) is 0 Å². The lowest BCUT2D eigenvalue weighted by Crippen LogP contribution is -2.31. The van der Waals surface area contributed by atoms with E-state index >= 15 is 0 Å². The van der Waals surface area contributed by atoms with Crippen LogP contribution >= 0.6 is 15.9 Å². The summed E-state index contributed by atoms with van der Waals surface area (Å²) in [5.74, 6) is -0.228. The fourth-order valence-corrected chi connectivity index (χ4v) is 2.88. The number of ether oxygens (including phenoxy) is 2. The molecule has 0 spiro atoms. The number of hydrogen-bond donors (Lipinski definition) is 1. The molecule has 0 aliphatic rings. The molecule has 2 rings (SSSR count). The minimum Gasteiger partial charge on any atom is -0.494 e. The standard InChI is InChI=1S/C19H20BrNO4/c1-3-24-15-10-8-14(9-11-15)19(23)25-12-18(22)21-13(2)16-6-4-5-7-17(16)20/h4-11,13H,3,12H2,1-2H3,(H,21,22)/t13-/m0/s1. The van der Waals surface area contributed by atoms with Gasteiger partial charge in [-0.05, 0) is 49.7 Å². The lowest BCUT2D eigenvalue weighted by molar-refractivity contribution is -0.124. The highest BCUT2D eigenvalue weighted by atomic mass is 79.9. The van der Waals surface area contributed by atoms with Gasteiger partial charge in [-0.1, -0.05) is 34.1 Å². The molecule has 1 amide bonds. The maximum Gasteiger partial charge on any atom is 0.338 e. The summed E-state index contributed by atoms with van der Waals surface area (Å²) in [6, 6.07) is 14.0. The van der Waals surface area contributed by atoms with Crippen LogP contribution in [0.4, 0.5) is 0 Å². The molecule has 0 unspecified atom stereocenters. The van der Waals surface area contributed by atoms with E-state index < -0.39 is 5.97 Å². The maximum atomic E-state index is 12.0. The third-order valence-electron chi connectivity index (χ3n) is 3.48. The Morgan fingerprint density at radius 2 is 1.80 bits per heavy atom. The Balaban J connectivity index is 1.84. The summed E-state index contributed by atoms with van der Waals surface area (Å²) >= 11 is 3.45. The second-order valence-electron chi connectivity index (χ2n) is 5.34. The number of nitrogens with one attached hydrogen (secondary N) is 1. The highest BCUT2D eigenvalue weighted by Crippen LogP contribution is 2.22. The topological polar surface area (TPSA) is 64.6 Å². The smallest absolute Gasteiger partial charge is 0.338 e. The molecule has 0 radical (unpaired) electrons. The molecule has 0 heterocycles. The molecule has 6 heteroatoms. The zero-order valence-electron chi connectivity index (χ0n) is 14.1. The molecule has 2 aromatic carbocycles. The third-order valence-corrected chi connectivity index (χ3v) is 4.21. The van der Waals surface area contributed by atoms with Crippen LogP contribution in [0.5, 0.6) is 5.75 Å². The highest BCUT2D eigenvalue weighted by Gasteiger charge is 2.14. The van der Waals surface area contributed by atoms with Crippen LogP contribution in [0.2, 0.25) is 0 Å². The van der Waals surface area contributed by atoms with Crippen LogP contribution in [0.15, 0.2) is 53.0 Å². The highest BCUT2D eigenvalue weighted by molar-refractivity contribution is 9.10. The van der Waals surface area contributed by atoms with Gasteiger partial charge < -0.3 is 14.8 Å². The largest absolute Gasteiger partial charge is 0.494 e. The first-order valence-corrected chi connectivity index (χ1v) is 8.74. The quantitative estimate of drug-likeness (QED) is 0.709. The van der Waals surface area contributed by atoms with Crippen molar-refractivity contribution in [1.82, 2.24) is 5.32 Å². The average Bonchev–Trinajstić information content (AvgIpc) is 2.61. The van der Waals surface area contributed by atoms with Crippen molar-refractivity contribution >= 4 is 27.8 Å². The summed E-state index contributed by atoms with van der Waals surface area (Å²) in [6.45, 7) is 3.97. The van der Waals surface area contributed by atoms with E-state index in [4.69, 9.17) is 9.47 Å². The minimum atomic E-state index is -0.549. The number of rotatable bonds is 7. The van der Waals surface area contributed by atoms with Crippen LogP contribution < -0.4 is 10.1 Å². The Labute approximate surface area is 155 Å². The second kappa shape index (κ2) is 9.22. The average molecular weight is 406 g/mol. The molecule has 0 fully saturated rings. The van der Waals surface area contributed by atoms with Crippen molar-refractivity contribution in [2.24, 2.45) is 0 Å². The van der Waals surface area contributed by atoms with Crippen LogP contribution in [0.1, 0.15) is 35.8 Å². The third kappa shape index (κ3) is 5.60. The maximum absolute atomic E-state index is 12.0. The lowest BCUT2D eigenvalue weighted by Gasteiger charge is -2.15. The van der Waals surface area contributed by atoms with Gasteiger partial charge in [0.15, 0.2) is 6.61 Å². The van der Waals surface area contributed by atoms with Crippen molar-refractivity contribution in [3.05, 3.63) is 64.1 Å². The van der Waals surface area contributed by atoms with Gasteiger partial charge in [0.1, 0.15) is 5.75 Å². The molecule has 0 saturated heterocycles. The van der Waals surface area contributed by atoms with Crippen LogP contribution in [-0.4, -0.2) is 25.1 Å². The molecular formula is C19H20BrNO4. The fraction of sp³-hybridized carbons (Fsp3) is 0.263. The first-order valence-electron chi connectivity index (χ1n) is 7.95. The molecule has 0 saturated carbocycles. The van der Waals surface area contributed by atoms with Crippen molar-refractivity contribution in [2.45, 2.75) is 19.9 Å². The molecule has 0 bridgehead atoms. The minimum absolute atomic E-state index is 0.202.